The van der Waals surface area contributed by atoms with Crippen molar-refractivity contribution in [1.82, 2.24) is 20.2 Å². The molecule has 6 heteroatoms. The number of carbonyl (C=O) groups is 1. The van der Waals surface area contributed by atoms with Crippen LogP contribution in [0.2, 0.25) is 0 Å². The first-order valence-electron chi connectivity index (χ1n) is 12.0. The number of likely N-dealkylation sites (N-methyl/N-ethyl adjacent to an activating group) is 1. The number of nitrogens with zero attached hydrogens (tertiary/aromatic N) is 3. The minimum atomic E-state index is -0.195. The topological polar surface area (TPSA) is 67.3 Å². The van der Waals surface area contributed by atoms with Crippen LogP contribution in [0.5, 0.6) is 0 Å². The van der Waals surface area contributed by atoms with Gasteiger partial charge in [-0.2, -0.15) is 0 Å². The van der Waals surface area contributed by atoms with E-state index in [2.05, 4.69) is 61.7 Å². The van der Waals surface area contributed by atoms with Crippen molar-refractivity contribution in [2.75, 3.05) is 26.2 Å². The number of carbonyl (C=O) groups excluding carboxylic acids is 1. The number of rotatable bonds is 11. The predicted octanol–water partition coefficient (Wildman–Crippen LogP) is 5.39. The van der Waals surface area contributed by atoms with Crippen molar-refractivity contribution >= 4 is 16.9 Å². The minimum Gasteiger partial charge on any atom is -0.374 e. The van der Waals surface area contributed by atoms with Gasteiger partial charge in [-0.25, -0.2) is 4.98 Å². The van der Waals surface area contributed by atoms with E-state index in [-0.39, 0.29) is 17.0 Å². The van der Waals surface area contributed by atoms with Gasteiger partial charge in [0.1, 0.15) is 5.69 Å². The molecule has 6 nitrogen and oxygen atoms in total. The lowest BCUT2D eigenvalue weighted by atomic mass is 10.0. The molecule has 0 fully saturated rings. The molecule has 0 saturated carbocycles. The van der Waals surface area contributed by atoms with Gasteiger partial charge in [-0.05, 0) is 65.3 Å². The van der Waals surface area contributed by atoms with Gasteiger partial charge in [0.2, 0.25) is 0 Å². The lowest BCUT2D eigenvalue weighted by Crippen LogP contribution is -2.51. The Kier molecular flexibility index (Phi) is 11.2. The fourth-order valence-electron chi connectivity index (χ4n) is 3.65. The van der Waals surface area contributed by atoms with Crippen LogP contribution in [-0.4, -0.2) is 58.2 Å². The second kappa shape index (κ2) is 12.9. The van der Waals surface area contributed by atoms with Crippen molar-refractivity contribution in [3.63, 3.8) is 0 Å². The molecular formula is C26H44N4O2. The van der Waals surface area contributed by atoms with E-state index in [1.54, 1.807) is 6.20 Å². The molecule has 1 heterocycles. The van der Waals surface area contributed by atoms with Crippen molar-refractivity contribution in [3.8, 4) is 0 Å². The van der Waals surface area contributed by atoms with Crippen LogP contribution in [-0.2, 0) is 4.74 Å². The van der Waals surface area contributed by atoms with E-state index in [0.29, 0.717) is 18.8 Å². The maximum atomic E-state index is 12.5. The molecule has 0 aliphatic heterocycles. The van der Waals surface area contributed by atoms with E-state index in [1.807, 2.05) is 39.0 Å². The van der Waals surface area contributed by atoms with Gasteiger partial charge >= 0.3 is 0 Å². The van der Waals surface area contributed by atoms with Gasteiger partial charge in [0.05, 0.1) is 29.4 Å². The summed E-state index contributed by atoms with van der Waals surface area (Å²) in [6.45, 7) is 21.8. The van der Waals surface area contributed by atoms with E-state index in [4.69, 9.17) is 4.74 Å². The third-order valence-electron chi connectivity index (χ3n) is 5.50. The van der Waals surface area contributed by atoms with Crippen molar-refractivity contribution in [1.29, 1.82) is 0 Å². The van der Waals surface area contributed by atoms with Crippen LogP contribution < -0.4 is 5.32 Å². The van der Waals surface area contributed by atoms with Gasteiger partial charge in [-0.3, -0.25) is 14.7 Å². The maximum Gasteiger partial charge on any atom is 0.271 e. The summed E-state index contributed by atoms with van der Waals surface area (Å²) >= 11 is 0. The Balaban J connectivity index is 0.00000249. The molecule has 0 aliphatic rings. The molecule has 1 amide bonds. The summed E-state index contributed by atoms with van der Waals surface area (Å²) in [6, 6.07) is 5.84. The van der Waals surface area contributed by atoms with Crippen LogP contribution in [0.1, 0.15) is 84.3 Å². The molecular weight excluding hydrogens is 400 g/mol. The molecule has 1 aromatic carbocycles. The van der Waals surface area contributed by atoms with E-state index >= 15 is 0 Å². The first kappa shape index (κ1) is 28.0. The summed E-state index contributed by atoms with van der Waals surface area (Å²) in [6.07, 6.45) is 3.69. The van der Waals surface area contributed by atoms with Crippen molar-refractivity contribution in [3.05, 3.63) is 35.7 Å². The number of aromatic nitrogens is 2. The highest BCUT2D eigenvalue weighted by molar-refractivity contribution is 5.93. The zero-order valence-corrected chi connectivity index (χ0v) is 21.7. The molecule has 1 N–H and O–H groups in total. The lowest BCUT2D eigenvalue weighted by molar-refractivity contribution is -0.0740. The molecule has 0 spiro atoms. The average molecular weight is 445 g/mol. The normalized spacial score (nSPS) is 11.9. The van der Waals surface area contributed by atoms with Crippen LogP contribution in [0.4, 0.5) is 0 Å². The number of amides is 1. The van der Waals surface area contributed by atoms with Gasteiger partial charge in [-0.15, -0.1) is 0 Å². The molecule has 1 aromatic heterocycles. The summed E-state index contributed by atoms with van der Waals surface area (Å²) in [5, 5.41) is 2.98. The fraction of sp³-hybridized carbons (Fsp3) is 0.654. The largest absolute Gasteiger partial charge is 0.374 e. The van der Waals surface area contributed by atoms with Crippen molar-refractivity contribution in [2.45, 2.75) is 86.3 Å². The Bertz CT molecular complexity index is 849. The highest BCUT2D eigenvalue weighted by Gasteiger charge is 2.29. The van der Waals surface area contributed by atoms with Crippen LogP contribution in [0.3, 0.4) is 0 Å². The monoisotopic (exact) mass is 444 g/mol. The Morgan fingerprint density at radius 1 is 1.12 bits per heavy atom. The molecule has 0 radical (unpaired) electrons. The zero-order chi connectivity index (χ0) is 24.4. The third kappa shape index (κ3) is 8.47. The van der Waals surface area contributed by atoms with Crippen molar-refractivity contribution < 1.29 is 9.53 Å². The minimum absolute atomic E-state index is 0.118. The van der Waals surface area contributed by atoms with Gasteiger partial charge < -0.3 is 10.1 Å². The smallest absolute Gasteiger partial charge is 0.271 e. The molecule has 0 aliphatic carbocycles. The van der Waals surface area contributed by atoms with Gasteiger partial charge in [0, 0.05) is 18.6 Å². The second-order valence-electron chi connectivity index (χ2n) is 9.19. The van der Waals surface area contributed by atoms with Crippen molar-refractivity contribution in [2.24, 2.45) is 0 Å². The number of hydrogen-bond donors (Lipinski definition) is 1. The number of fused-ring (bicyclic) bond motifs is 1. The number of benzene rings is 1. The summed E-state index contributed by atoms with van der Waals surface area (Å²) in [7, 11) is 0. The highest BCUT2D eigenvalue weighted by Crippen LogP contribution is 2.22. The molecule has 0 atom stereocenters. The van der Waals surface area contributed by atoms with E-state index in [1.165, 1.54) is 0 Å². The fourth-order valence-corrected chi connectivity index (χ4v) is 3.65. The summed E-state index contributed by atoms with van der Waals surface area (Å²) in [5.41, 5.74) is 2.77. The van der Waals surface area contributed by atoms with Crippen LogP contribution in [0.25, 0.3) is 11.0 Å². The highest BCUT2D eigenvalue weighted by atomic mass is 16.5. The first-order chi connectivity index (χ1) is 15.1. The average Bonchev–Trinajstić information content (AvgIpc) is 2.76. The van der Waals surface area contributed by atoms with Crippen LogP contribution in [0, 0.1) is 6.92 Å². The molecule has 2 rings (SSSR count). The lowest BCUT2D eigenvalue weighted by Gasteiger charge is -2.40. The molecule has 32 heavy (non-hydrogen) atoms. The van der Waals surface area contributed by atoms with Crippen LogP contribution >= 0.6 is 0 Å². The standard InChI is InChI=1S/C24H38N4O2.C2H6/c1-8-12-24(6,7)30-17-23(4,5)28(9-2)14-13-25-22(29)21-16-26-20-15-18(3)10-11-19(20)27-21;1-2/h10-11,15-16H,8-9,12-14,17H2,1-7H3,(H,25,29);1-2H3. The molecule has 0 saturated heterocycles. The van der Waals surface area contributed by atoms with Gasteiger partial charge in [-0.1, -0.05) is 40.2 Å². The number of nitrogens with one attached hydrogen (secondary N) is 1. The van der Waals surface area contributed by atoms with E-state index < -0.39 is 0 Å². The molecule has 0 bridgehead atoms. The Morgan fingerprint density at radius 2 is 1.81 bits per heavy atom. The third-order valence-corrected chi connectivity index (χ3v) is 5.50. The number of hydrogen-bond acceptors (Lipinski definition) is 5. The Morgan fingerprint density at radius 3 is 2.44 bits per heavy atom. The van der Waals surface area contributed by atoms with Crippen LogP contribution in [0.15, 0.2) is 24.4 Å². The number of aryl methyl sites for hydroxylation is 1. The quantitative estimate of drug-likeness (QED) is 0.503. The Labute approximate surface area is 195 Å². The zero-order valence-electron chi connectivity index (χ0n) is 21.7. The summed E-state index contributed by atoms with van der Waals surface area (Å²) in [4.78, 5) is 23.7. The predicted molar refractivity (Wildman–Crippen MR) is 134 cm³/mol. The summed E-state index contributed by atoms with van der Waals surface area (Å²) < 4.78 is 6.22. The molecule has 2 aromatic rings. The summed E-state index contributed by atoms with van der Waals surface area (Å²) in [5.74, 6) is -0.195. The Hall–Kier alpha value is -2.05. The van der Waals surface area contributed by atoms with Gasteiger partial charge in [0.25, 0.3) is 5.91 Å². The number of ether oxygens (including phenoxy) is 1. The van der Waals surface area contributed by atoms with E-state index in [9.17, 15) is 4.79 Å². The SMILES string of the molecule is CC.CCCC(C)(C)OCC(C)(C)N(CC)CCNC(=O)c1cnc2cc(C)ccc2n1. The van der Waals surface area contributed by atoms with Gasteiger partial charge in [0.15, 0.2) is 0 Å². The second-order valence-corrected chi connectivity index (χ2v) is 9.19. The van der Waals surface area contributed by atoms with E-state index in [0.717, 1.165) is 42.5 Å². The molecule has 180 valence electrons. The maximum absolute atomic E-state index is 12.5. The molecule has 0 unspecified atom stereocenters. The first-order valence-corrected chi connectivity index (χ1v) is 12.0.